The zero-order valence-electron chi connectivity index (χ0n) is 15.3. The SMILES string of the molecule is OCc1cc2ncc(-c3cccc(NC4CCNC4)n3)n2cc1-c1cn[nH]c1. The van der Waals surface area contributed by atoms with Gasteiger partial charge in [-0.3, -0.25) is 9.50 Å². The van der Waals surface area contributed by atoms with Crippen LogP contribution in [0.3, 0.4) is 0 Å². The molecule has 0 spiro atoms. The van der Waals surface area contributed by atoms with Crippen LogP contribution in [0.2, 0.25) is 0 Å². The Morgan fingerprint density at radius 3 is 3.04 bits per heavy atom. The third-order valence-corrected chi connectivity index (χ3v) is 5.14. The Bertz CT molecular complexity index is 1100. The van der Waals surface area contributed by atoms with Gasteiger partial charge in [-0.15, -0.1) is 0 Å². The number of aliphatic hydroxyl groups excluding tert-OH is 1. The molecule has 8 heteroatoms. The van der Waals surface area contributed by atoms with E-state index in [9.17, 15) is 5.11 Å². The number of pyridine rings is 2. The Hall–Kier alpha value is -3.23. The van der Waals surface area contributed by atoms with Gasteiger partial charge in [0.05, 0.1) is 30.4 Å². The number of fused-ring (bicyclic) bond motifs is 1. The highest BCUT2D eigenvalue weighted by atomic mass is 16.3. The summed E-state index contributed by atoms with van der Waals surface area (Å²) >= 11 is 0. The number of rotatable bonds is 5. The second kappa shape index (κ2) is 7.06. The van der Waals surface area contributed by atoms with Crippen LogP contribution in [-0.2, 0) is 6.61 Å². The Morgan fingerprint density at radius 2 is 2.25 bits per heavy atom. The van der Waals surface area contributed by atoms with Crippen molar-refractivity contribution in [1.82, 2.24) is 29.9 Å². The van der Waals surface area contributed by atoms with Gasteiger partial charge in [-0.2, -0.15) is 5.10 Å². The lowest BCUT2D eigenvalue weighted by Gasteiger charge is -2.13. The van der Waals surface area contributed by atoms with Crippen molar-refractivity contribution in [2.24, 2.45) is 0 Å². The van der Waals surface area contributed by atoms with Crippen molar-refractivity contribution in [1.29, 1.82) is 0 Å². The predicted molar refractivity (Wildman–Crippen MR) is 107 cm³/mol. The molecule has 1 aliphatic heterocycles. The Balaban J connectivity index is 1.57. The van der Waals surface area contributed by atoms with Crippen LogP contribution in [0.5, 0.6) is 0 Å². The number of imidazole rings is 1. The first-order valence-corrected chi connectivity index (χ1v) is 9.36. The Morgan fingerprint density at radius 1 is 1.29 bits per heavy atom. The van der Waals surface area contributed by atoms with Crippen LogP contribution in [0.15, 0.2) is 49.1 Å². The van der Waals surface area contributed by atoms with Crippen molar-refractivity contribution >= 4 is 11.5 Å². The molecule has 0 saturated carbocycles. The average molecular weight is 375 g/mol. The van der Waals surface area contributed by atoms with E-state index in [2.05, 4.69) is 25.8 Å². The van der Waals surface area contributed by atoms with Gasteiger partial charge in [0.1, 0.15) is 11.5 Å². The van der Waals surface area contributed by atoms with Gasteiger partial charge in [0.15, 0.2) is 0 Å². The minimum atomic E-state index is -0.0632. The molecule has 1 aliphatic rings. The van der Waals surface area contributed by atoms with E-state index in [0.717, 1.165) is 59.1 Å². The largest absolute Gasteiger partial charge is 0.392 e. The zero-order valence-corrected chi connectivity index (χ0v) is 15.3. The van der Waals surface area contributed by atoms with Crippen molar-refractivity contribution in [3.05, 3.63) is 54.6 Å². The van der Waals surface area contributed by atoms with Crippen LogP contribution in [0.25, 0.3) is 28.2 Å². The highest BCUT2D eigenvalue weighted by molar-refractivity contribution is 5.71. The third-order valence-electron chi connectivity index (χ3n) is 5.14. The molecule has 1 atom stereocenters. The maximum Gasteiger partial charge on any atom is 0.137 e. The fourth-order valence-corrected chi connectivity index (χ4v) is 3.69. The van der Waals surface area contributed by atoms with Gasteiger partial charge in [0.25, 0.3) is 0 Å². The first-order chi connectivity index (χ1) is 13.8. The van der Waals surface area contributed by atoms with E-state index in [1.807, 2.05) is 47.3 Å². The first kappa shape index (κ1) is 16.9. The summed E-state index contributed by atoms with van der Waals surface area (Å²) < 4.78 is 2.00. The van der Waals surface area contributed by atoms with Gasteiger partial charge in [0, 0.05) is 36.1 Å². The molecular formula is C20H21N7O. The number of anilines is 1. The molecule has 5 rings (SSSR count). The average Bonchev–Trinajstić information content (AvgIpc) is 3.48. The number of hydrogen-bond acceptors (Lipinski definition) is 6. The number of nitrogens with one attached hydrogen (secondary N) is 3. The lowest BCUT2D eigenvalue weighted by molar-refractivity contribution is 0.282. The van der Waals surface area contributed by atoms with Crippen LogP contribution >= 0.6 is 0 Å². The highest BCUT2D eigenvalue weighted by Crippen LogP contribution is 2.28. The first-order valence-electron chi connectivity index (χ1n) is 9.36. The monoisotopic (exact) mass is 375 g/mol. The van der Waals surface area contributed by atoms with Gasteiger partial charge in [0.2, 0.25) is 0 Å². The maximum absolute atomic E-state index is 9.78. The number of hydrogen-bond donors (Lipinski definition) is 4. The minimum Gasteiger partial charge on any atom is -0.392 e. The fourth-order valence-electron chi connectivity index (χ4n) is 3.69. The van der Waals surface area contributed by atoms with E-state index in [0.29, 0.717) is 6.04 Å². The van der Waals surface area contributed by atoms with Crippen molar-refractivity contribution in [2.75, 3.05) is 18.4 Å². The second-order valence-electron chi connectivity index (χ2n) is 6.97. The Labute approximate surface area is 161 Å². The molecule has 4 aromatic rings. The summed E-state index contributed by atoms with van der Waals surface area (Å²) in [5.74, 6) is 0.864. The molecule has 0 aliphatic carbocycles. The zero-order chi connectivity index (χ0) is 18.9. The number of aliphatic hydroxyl groups is 1. The second-order valence-corrected chi connectivity index (χ2v) is 6.97. The molecule has 1 fully saturated rings. The summed E-state index contributed by atoms with van der Waals surface area (Å²) in [5.41, 5.74) is 5.16. The van der Waals surface area contributed by atoms with Gasteiger partial charge in [-0.25, -0.2) is 9.97 Å². The topological polar surface area (TPSA) is 103 Å². The van der Waals surface area contributed by atoms with Crippen LogP contribution in [0.4, 0.5) is 5.82 Å². The molecule has 28 heavy (non-hydrogen) atoms. The molecular weight excluding hydrogens is 354 g/mol. The highest BCUT2D eigenvalue weighted by Gasteiger charge is 2.16. The number of nitrogens with zero attached hydrogens (tertiary/aromatic N) is 4. The van der Waals surface area contributed by atoms with Crippen LogP contribution in [0.1, 0.15) is 12.0 Å². The predicted octanol–water partition coefficient (Wildman–Crippen LogP) is 2.05. The number of H-pyrrole nitrogens is 1. The molecule has 4 aromatic heterocycles. The normalized spacial score (nSPS) is 16.7. The molecule has 0 amide bonds. The third kappa shape index (κ3) is 3.02. The maximum atomic E-state index is 9.78. The van der Waals surface area contributed by atoms with Crippen molar-refractivity contribution < 1.29 is 5.11 Å². The summed E-state index contributed by atoms with van der Waals surface area (Å²) in [6, 6.07) is 8.29. The molecule has 142 valence electrons. The van der Waals surface area contributed by atoms with Crippen LogP contribution in [-0.4, -0.2) is 48.8 Å². The quantitative estimate of drug-likeness (QED) is 0.426. The van der Waals surface area contributed by atoms with Crippen LogP contribution in [0, 0.1) is 0 Å². The minimum absolute atomic E-state index is 0.0632. The summed E-state index contributed by atoms with van der Waals surface area (Å²) in [6.07, 6.45) is 8.46. The van der Waals surface area contributed by atoms with E-state index >= 15 is 0 Å². The molecule has 1 saturated heterocycles. The molecule has 0 aromatic carbocycles. The fraction of sp³-hybridized carbons (Fsp3) is 0.250. The van der Waals surface area contributed by atoms with Crippen molar-refractivity contribution in [3.63, 3.8) is 0 Å². The van der Waals surface area contributed by atoms with E-state index in [1.165, 1.54) is 0 Å². The van der Waals surface area contributed by atoms with E-state index in [1.54, 1.807) is 6.20 Å². The van der Waals surface area contributed by atoms with Gasteiger partial charge in [-0.05, 0) is 36.7 Å². The summed E-state index contributed by atoms with van der Waals surface area (Å²) in [5, 5.41) is 23.5. The van der Waals surface area contributed by atoms with E-state index in [-0.39, 0.29) is 6.61 Å². The molecule has 1 unspecified atom stereocenters. The molecule has 4 N–H and O–H groups in total. The van der Waals surface area contributed by atoms with E-state index < -0.39 is 0 Å². The van der Waals surface area contributed by atoms with Gasteiger partial charge >= 0.3 is 0 Å². The van der Waals surface area contributed by atoms with E-state index in [4.69, 9.17) is 4.98 Å². The molecule has 8 nitrogen and oxygen atoms in total. The smallest absolute Gasteiger partial charge is 0.137 e. The standard InChI is InChI=1S/C20H21N7O/c28-12-13-6-20-22-10-18(27(20)11-16(13)14-7-23-24-8-14)17-2-1-3-19(26-17)25-15-4-5-21-9-15/h1-3,6-8,10-11,15,21,28H,4-5,9,12H2,(H,23,24)(H,25,26). The summed E-state index contributed by atoms with van der Waals surface area (Å²) in [7, 11) is 0. The molecule has 0 bridgehead atoms. The molecule has 0 radical (unpaired) electrons. The van der Waals surface area contributed by atoms with Gasteiger partial charge in [-0.1, -0.05) is 6.07 Å². The Kier molecular flexibility index (Phi) is 4.27. The summed E-state index contributed by atoms with van der Waals surface area (Å²) in [6.45, 7) is 1.93. The lowest BCUT2D eigenvalue weighted by atomic mass is 10.1. The van der Waals surface area contributed by atoms with Crippen molar-refractivity contribution in [3.8, 4) is 22.5 Å². The molecule has 5 heterocycles. The van der Waals surface area contributed by atoms with Crippen LogP contribution < -0.4 is 10.6 Å². The van der Waals surface area contributed by atoms with Crippen molar-refractivity contribution in [2.45, 2.75) is 19.1 Å². The summed E-state index contributed by atoms with van der Waals surface area (Å²) in [4.78, 5) is 9.31. The van der Waals surface area contributed by atoms with Gasteiger partial charge < -0.3 is 15.7 Å². The number of aromatic amines is 1. The lowest BCUT2D eigenvalue weighted by Crippen LogP contribution is -2.22. The number of aromatic nitrogens is 5.